The zero-order chi connectivity index (χ0) is 15.2. The first-order chi connectivity index (χ1) is 10.2. The lowest BCUT2D eigenvalue weighted by Crippen LogP contribution is -2.28. The van der Waals surface area contributed by atoms with E-state index in [1.54, 1.807) is 30.6 Å². The maximum atomic E-state index is 12.5. The number of anilines is 1. The van der Waals surface area contributed by atoms with Crippen LogP contribution in [0.15, 0.2) is 34.2 Å². The van der Waals surface area contributed by atoms with E-state index in [1.165, 1.54) is 4.88 Å². The topological polar surface area (TPSA) is 54.0 Å². The van der Waals surface area contributed by atoms with E-state index in [4.69, 9.17) is 0 Å². The second-order valence-corrected chi connectivity index (χ2v) is 6.52. The van der Waals surface area contributed by atoms with Crippen LogP contribution in [-0.4, -0.2) is 17.9 Å². The van der Waals surface area contributed by atoms with Gasteiger partial charge in [-0.25, -0.2) is 4.98 Å². The van der Waals surface area contributed by atoms with E-state index in [-0.39, 0.29) is 11.9 Å². The fourth-order valence-corrected chi connectivity index (χ4v) is 3.26. The Balaban J connectivity index is 2.21. The van der Waals surface area contributed by atoms with Crippen LogP contribution in [-0.2, 0) is 0 Å². The van der Waals surface area contributed by atoms with Crippen LogP contribution in [0.2, 0.25) is 0 Å². The van der Waals surface area contributed by atoms with Gasteiger partial charge in [0.1, 0.15) is 5.82 Å². The van der Waals surface area contributed by atoms with Crippen molar-refractivity contribution < 1.29 is 4.79 Å². The number of amides is 1. The summed E-state index contributed by atoms with van der Waals surface area (Å²) in [4.78, 5) is 17.9. The van der Waals surface area contributed by atoms with E-state index in [0.717, 1.165) is 17.3 Å². The van der Waals surface area contributed by atoms with Gasteiger partial charge >= 0.3 is 0 Å². The maximum absolute atomic E-state index is 12.5. The molecule has 1 unspecified atom stereocenters. The van der Waals surface area contributed by atoms with Gasteiger partial charge in [-0.15, -0.1) is 11.3 Å². The third kappa shape index (κ3) is 4.04. The van der Waals surface area contributed by atoms with Gasteiger partial charge in [-0.2, -0.15) is 0 Å². The number of halogens is 1. The summed E-state index contributed by atoms with van der Waals surface area (Å²) in [7, 11) is 1.76. The molecule has 6 heteroatoms. The average molecular weight is 368 g/mol. The molecule has 2 aromatic rings. The average Bonchev–Trinajstić information content (AvgIpc) is 3.00. The van der Waals surface area contributed by atoms with E-state index < -0.39 is 0 Å². The molecule has 0 aliphatic rings. The molecule has 0 saturated carbocycles. The molecule has 0 aromatic carbocycles. The Morgan fingerprint density at radius 3 is 2.95 bits per heavy atom. The smallest absolute Gasteiger partial charge is 0.255 e. The lowest BCUT2D eigenvalue weighted by Gasteiger charge is -2.18. The van der Waals surface area contributed by atoms with Crippen molar-refractivity contribution in [2.24, 2.45) is 0 Å². The number of pyridine rings is 1. The molecule has 0 saturated heterocycles. The Morgan fingerprint density at radius 2 is 2.33 bits per heavy atom. The van der Waals surface area contributed by atoms with Crippen LogP contribution in [0.3, 0.4) is 0 Å². The third-order valence-corrected chi connectivity index (χ3v) is 4.52. The Kier molecular flexibility index (Phi) is 5.76. The number of aromatic nitrogens is 1. The predicted octanol–water partition coefficient (Wildman–Crippen LogP) is 4.22. The third-order valence-electron chi connectivity index (χ3n) is 3.11. The van der Waals surface area contributed by atoms with Crippen molar-refractivity contribution in [3.8, 4) is 0 Å². The van der Waals surface area contributed by atoms with Gasteiger partial charge < -0.3 is 10.6 Å². The van der Waals surface area contributed by atoms with Crippen molar-refractivity contribution in [1.29, 1.82) is 0 Å². The highest BCUT2D eigenvalue weighted by Crippen LogP contribution is 2.25. The lowest BCUT2D eigenvalue weighted by atomic mass is 10.1. The molecule has 0 fully saturated rings. The Bertz CT molecular complexity index is 601. The second kappa shape index (κ2) is 7.56. The van der Waals surface area contributed by atoms with Crippen LogP contribution in [0.4, 0.5) is 5.82 Å². The monoisotopic (exact) mass is 367 g/mol. The van der Waals surface area contributed by atoms with Crippen molar-refractivity contribution in [2.45, 2.75) is 25.8 Å². The van der Waals surface area contributed by atoms with Crippen LogP contribution in [0.5, 0.6) is 0 Å². The summed E-state index contributed by atoms with van der Waals surface area (Å²) in [6, 6.07) is 5.90. The van der Waals surface area contributed by atoms with Gasteiger partial charge in [0.2, 0.25) is 0 Å². The molecule has 4 nitrogen and oxygen atoms in total. The molecule has 0 spiro atoms. The van der Waals surface area contributed by atoms with Gasteiger partial charge in [-0.05, 0) is 39.9 Å². The summed E-state index contributed by atoms with van der Waals surface area (Å²) in [5.41, 5.74) is 0.546. The molecule has 112 valence electrons. The first kappa shape index (κ1) is 16.0. The quantitative estimate of drug-likeness (QED) is 0.803. The largest absolute Gasteiger partial charge is 0.372 e. The summed E-state index contributed by atoms with van der Waals surface area (Å²) in [6.07, 6.45) is 3.60. The van der Waals surface area contributed by atoms with Crippen molar-refractivity contribution in [3.63, 3.8) is 0 Å². The standard InChI is InChI=1S/C15H18BrN3OS/c1-3-5-12(13-6-4-7-21-13)19-15(20)11-8-10(16)9-18-14(11)17-2/h4,6-9,12H,3,5H2,1-2H3,(H,17,18)(H,19,20). The van der Waals surface area contributed by atoms with Gasteiger partial charge in [-0.3, -0.25) is 4.79 Å². The number of carbonyl (C=O) groups is 1. The van der Waals surface area contributed by atoms with Gasteiger partial charge in [0.25, 0.3) is 5.91 Å². The van der Waals surface area contributed by atoms with E-state index in [1.807, 2.05) is 11.4 Å². The van der Waals surface area contributed by atoms with Crippen LogP contribution >= 0.6 is 27.3 Å². The fourth-order valence-electron chi connectivity index (χ4n) is 2.11. The molecule has 0 aliphatic heterocycles. The molecule has 2 heterocycles. The van der Waals surface area contributed by atoms with E-state index in [9.17, 15) is 4.79 Å². The highest BCUT2D eigenvalue weighted by molar-refractivity contribution is 9.10. The Hall–Kier alpha value is -1.40. The molecule has 2 aromatic heterocycles. The van der Waals surface area contributed by atoms with Gasteiger partial charge in [0.05, 0.1) is 11.6 Å². The molecule has 2 rings (SSSR count). The van der Waals surface area contributed by atoms with Crippen LogP contribution in [0.1, 0.15) is 41.0 Å². The van der Waals surface area contributed by atoms with Crippen molar-refractivity contribution in [1.82, 2.24) is 10.3 Å². The molecular weight excluding hydrogens is 350 g/mol. The predicted molar refractivity (Wildman–Crippen MR) is 90.9 cm³/mol. The number of rotatable bonds is 6. The summed E-state index contributed by atoms with van der Waals surface area (Å²) >= 11 is 5.03. The van der Waals surface area contributed by atoms with Gasteiger partial charge in [0, 0.05) is 22.6 Å². The minimum atomic E-state index is -0.111. The molecule has 1 atom stereocenters. The summed E-state index contributed by atoms with van der Waals surface area (Å²) < 4.78 is 0.787. The molecular formula is C15H18BrN3OS. The van der Waals surface area contributed by atoms with Crippen LogP contribution in [0.25, 0.3) is 0 Å². The molecule has 1 amide bonds. The van der Waals surface area contributed by atoms with E-state index in [0.29, 0.717) is 11.4 Å². The normalized spacial score (nSPS) is 12.0. The van der Waals surface area contributed by atoms with Gasteiger partial charge in [-0.1, -0.05) is 19.4 Å². The zero-order valence-electron chi connectivity index (χ0n) is 12.0. The number of nitrogens with one attached hydrogen (secondary N) is 2. The highest BCUT2D eigenvalue weighted by Gasteiger charge is 2.18. The number of thiophene rings is 1. The molecule has 0 aliphatic carbocycles. The minimum absolute atomic E-state index is 0.0474. The molecule has 0 bridgehead atoms. The van der Waals surface area contributed by atoms with Crippen molar-refractivity contribution >= 4 is 39.0 Å². The summed E-state index contributed by atoms with van der Waals surface area (Å²) in [5.74, 6) is 0.470. The van der Waals surface area contributed by atoms with E-state index >= 15 is 0 Å². The number of hydrogen-bond donors (Lipinski definition) is 2. The van der Waals surface area contributed by atoms with Gasteiger partial charge in [0.15, 0.2) is 0 Å². The fraction of sp³-hybridized carbons (Fsp3) is 0.333. The maximum Gasteiger partial charge on any atom is 0.255 e. The second-order valence-electron chi connectivity index (χ2n) is 4.63. The van der Waals surface area contributed by atoms with Crippen molar-refractivity contribution in [3.05, 3.63) is 44.7 Å². The summed E-state index contributed by atoms with van der Waals surface area (Å²) in [6.45, 7) is 2.12. The number of nitrogens with zero attached hydrogens (tertiary/aromatic N) is 1. The van der Waals surface area contributed by atoms with Crippen LogP contribution in [0, 0.1) is 0 Å². The SMILES string of the molecule is CCCC(NC(=O)c1cc(Br)cnc1NC)c1cccs1. The first-order valence-corrected chi connectivity index (χ1v) is 8.50. The summed E-state index contributed by atoms with van der Waals surface area (Å²) in [5, 5.41) is 8.09. The lowest BCUT2D eigenvalue weighted by molar-refractivity contribution is 0.0935. The first-order valence-electron chi connectivity index (χ1n) is 6.83. The number of hydrogen-bond acceptors (Lipinski definition) is 4. The van der Waals surface area contributed by atoms with Crippen LogP contribution < -0.4 is 10.6 Å². The molecule has 0 radical (unpaired) electrons. The number of carbonyl (C=O) groups excluding carboxylic acids is 1. The Morgan fingerprint density at radius 1 is 1.52 bits per heavy atom. The molecule has 2 N–H and O–H groups in total. The molecule has 21 heavy (non-hydrogen) atoms. The van der Waals surface area contributed by atoms with Crippen molar-refractivity contribution in [2.75, 3.05) is 12.4 Å². The highest BCUT2D eigenvalue weighted by atomic mass is 79.9. The zero-order valence-corrected chi connectivity index (χ0v) is 14.4. The van der Waals surface area contributed by atoms with E-state index in [2.05, 4.69) is 44.5 Å². The Labute approximate surface area is 137 Å². The minimum Gasteiger partial charge on any atom is -0.372 e.